The van der Waals surface area contributed by atoms with Crippen molar-refractivity contribution in [3.05, 3.63) is 77.0 Å². The number of carbonyl (C=O) groups is 2. The Morgan fingerprint density at radius 3 is 2.76 bits per heavy atom. The van der Waals surface area contributed by atoms with Crippen LogP contribution in [-0.4, -0.2) is 22.8 Å². The number of halogens is 2. The highest BCUT2D eigenvalue weighted by molar-refractivity contribution is 5.93. The molecule has 1 amide bonds. The third-order valence-corrected chi connectivity index (χ3v) is 6.59. The number of nitrogens with one attached hydrogen (secondary N) is 1. The van der Waals surface area contributed by atoms with Gasteiger partial charge in [-0.05, 0) is 48.4 Å². The normalized spacial score (nSPS) is 21.6. The number of Topliss-reactive ketones (excluding diaryl/α,β-unsaturated/α-hetero) is 1. The highest BCUT2D eigenvalue weighted by Crippen LogP contribution is 2.60. The molecule has 6 nitrogen and oxygen atoms in total. The van der Waals surface area contributed by atoms with Gasteiger partial charge in [0.05, 0.1) is 0 Å². The fourth-order valence-corrected chi connectivity index (χ4v) is 5.01. The molecule has 0 unspecified atom stereocenters. The quantitative estimate of drug-likeness (QED) is 0.574. The highest BCUT2D eigenvalue weighted by atomic mass is 19.1. The zero-order chi connectivity index (χ0) is 23.4. The molecule has 2 aromatic carbocycles. The van der Waals surface area contributed by atoms with Crippen LogP contribution in [0.5, 0.6) is 17.2 Å². The van der Waals surface area contributed by atoms with Crippen molar-refractivity contribution in [3.63, 3.8) is 0 Å². The number of pyridine rings is 1. The van der Waals surface area contributed by atoms with Crippen molar-refractivity contribution in [1.29, 1.82) is 0 Å². The van der Waals surface area contributed by atoms with E-state index >= 15 is 0 Å². The molecule has 0 bridgehead atoms. The Morgan fingerprint density at radius 2 is 1.94 bits per heavy atom. The molecule has 1 aromatic heterocycles. The van der Waals surface area contributed by atoms with Gasteiger partial charge in [0.25, 0.3) is 0 Å². The van der Waals surface area contributed by atoms with Crippen molar-refractivity contribution in [2.75, 3.05) is 5.32 Å². The van der Waals surface area contributed by atoms with Gasteiger partial charge in [0.2, 0.25) is 5.91 Å². The molecule has 34 heavy (non-hydrogen) atoms. The molecule has 1 aliphatic carbocycles. The Morgan fingerprint density at radius 1 is 1.12 bits per heavy atom. The summed E-state index contributed by atoms with van der Waals surface area (Å²) in [6.07, 6.45) is 2.75. The number of nitrogens with zero attached hydrogens (tertiary/aromatic N) is 1. The molecule has 0 saturated heterocycles. The molecule has 3 aliphatic rings. The number of carbonyl (C=O) groups excluding carboxylic acids is 2. The van der Waals surface area contributed by atoms with Crippen LogP contribution in [0, 0.1) is 17.6 Å². The van der Waals surface area contributed by atoms with Crippen LogP contribution in [0.15, 0.2) is 48.7 Å². The van der Waals surface area contributed by atoms with Gasteiger partial charge in [-0.3, -0.25) is 9.59 Å². The predicted molar refractivity (Wildman–Crippen MR) is 118 cm³/mol. The van der Waals surface area contributed by atoms with Crippen LogP contribution >= 0.6 is 0 Å². The molecule has 3 atom stereocenters. The second-order valence-corrected chi connectivity index (χ2v) is 8.96. The first kappa shape index (κ1) is 20.8. The number of ether oxygens (including phenoxy) is 2. The third-order valence-electron chi connectivity index (χ3n) is 6.59. The molecular formula is C26H20F2N2O4. The lowest BCUT2D eigenvalue weighted by molar-refractivity contribution is -0.119. The van der Waals surface area contributed by atoms with Gasteiger partial charge in [0.1, 0.15) is 46.6 Å². The fourth-order valence-electron chi connectivity index (χ4n) is 5.01. The number of benzene rings is 2. The Bertz CT molecular complexity index is 1320. The van der Waals surface area contributed by atoms with E-state index in [1.807, 2.05) is 18.2 Å². The first-order chi connectivity index (χ1) is 16.4. The van der Waals surface area contributed by atoms with E-state index in [4.69, 9.17) is 9.47 Å². The van der Waals surface area contributed by atoms with Gasteiger partial charge in [-0.1, -0.05) is 0 Å². The van der Waals surface area contributed by atoms with Crippen LogP contribution in [0.25, 0.3) is 0 Å². The molecule has 1 saturated carbocycles. The van der Waals surface area contributed by atoms with E-state index in [2.05, 4.69) is 10.3 Å². The summed E-state index contributed by atoms with van der Waals surface area (Å²) in [6, 6.07) is 10.6. The summed E-state index contributed by atoms with van der Waals surface area (Å²) in [4.78, 5) is 28.4. The zero-order valence-corrected chi connectivity index (χ0v) is 18.0. The molecule has 0 radical (unpaired) electrons. The van der Waals surface area contributed by atoms with Crippen molar-refractivity contribution in [3.8, 4) is 17.2 Å². The molecule has 6 rings (SSSR count). The van der Waals surface area contributed by atoms with Crippen LogP contribution in [0.3, 0.4) is 0 Å². The first-order valence-corrected chi connectivity index (χ1v) is 11.2. The first-order valence-electron chi connectivity index (χ1n) is 11.2. The van der Waals surface area contributed by atoms with E-state index in [0.29, 0.717) is 35.7 Å². The van der Waals surface area contributed by atoms with Gasteiger partial charge in [-0.25, -0.2) is 13.8 Å². The number of aromatic nitrogens is 1. The average molecular weight is 462 g/mol. The maximum absolute atomic E-state index is 13.4. The minimum Gasteiger partial charge on any atom is -0.489 e. The van der Waals surface area contributed by atoms with Gasteiger partial charge in [0.15, 0.2) is 0 Å². The van der Waals surface area contributed by atoms with Crippen LogP contribution in [-0.2, 0) is 22.4 Å². The number of hydrogen-bond acceptors (Lipinski definition) is 5. The van der Waals surface area contributed by atoms with Gasteiger partial charge >= 0.3 is 0 Å². The lowest BCUT2D eigenvalue weighted by Crippen LogP contribution is -2.20. The van der Waals surface area contributed by atoms with Crippen molar-refractivity contribution in [2.45, 2.75) is 37.7 Å². The van der Waals surface area contributed by atoms with E-state index in [0.717, 1.165) is 22.9 Å². The second-order valence-electron chi connectivity index (χ2n) is 8.96. The number of fused-ring (bicyclic) bond motifs is 4. The van der Waals surface area contributed by atoms with Gasteiger partial charge < -0.3 is 14.8 Å². The van der Waals surface area contributed by atoms with Crippen LogP contribution in [0.4, 0.5) is 14.6 Å². The van der Waals surface area contributed by atoms with E-state index in [1.54, 1.807) is 12.3 Å². The minimum absolute atomic E-state index is 0.00960. The monoisotopic (exact) mass is 462 g/mol. The Labute approximate surface area is 193 Å². The van der Waals surface area contributed by atoms with Crippen molar-refractivity contribution < 1.29 is 27.8 Å². The average Bonchev–Trinajstić information content (AvgIpc) is 3.29. The van der Waals surface area contributed by atoms with Crippen LogP contribution in [0.2, 0.25) is 0 Å². The lowest BCUT2D eigenvalue weighted by Gasteiger charge is -2.19. The number of anilines is 1. The SMILES string of the molecule is O=C(Cc1cc(F)cc(F)c1)C[C@H]1[C@H]2Oc3ccc(Oc4ccnc5c4CCC(=O)N5)cc3[C@@H]12. The third kappa shape index (κ3) is 3.79. The molecule has 3 heterocycles. The number of rotatable bonds is 6. The summed E-state index contributed by atoms with van der Waals surface area (Å²) in [7, 11) is 0. The summed E-state index contributed by atoms with van der Waals surface area (Å²) in [6.45, 7) is 0. The number of hydrogen-bond donors (Lipinski definition) is 1. The minimum atomic E-state index is -0.686. The molecule has 1 fully saturated rings. The Balaban J connectivity index is 1.15. The highest BCUT2D eigenvalue weighted by Gasteiger charge is 2.59. The van der Waals surface area contributed by atoms with Crippen LogP contribution < -0.4 is 14.8 Å². The van der Waals surface area contributed by atoms with Crippen molar-refractivity contribution in [2.24, 2.45) is 5.92 Å². The molecule has 1 N–H and O–H groups in total. The van der Waals surface area contributed by atoms with Crippen molar-refractivity contribution >= 4 is 17.5 Å². The van der Waals surface area contributed by atoms with E-state index < -0.39 is 11.6 Å². The summed E-state index contributed by atoms with van der Waals surface area (Å²) in [5, 5.41) is 2.77. The Kier molecular flexibility index (Phi) is 4.83. The van der Waals surface area contributed by atoms with Crippen LogP contribution in [0.1, 0.15) is 35.4 Å². The standard InChI is InChI=1S/C26H20F2N2O4/c27-14-7-13(8-15(28)10-14)9-16(31)11-20-24-19-12-17(1-3-21(19)34-25(20)24)33-22-5-6-29-26-18(22)2-4-23(32)30-26/h1,3,5-8,10,12,20,24-25H,2,4,9,11H2,(H,29,30,32)/t20-,24+,25-/m1/s1. The summed E-state index contributed by atoms with van der Waals surface area (Å²) in [5.74, 6) is 1.21. The Hall–Kier alpha value is -3.81. The zero-order valence-electron chi connectivity index (χ0n) is 18.0. The molecule has 172 valence electrons. The smallest absolute Gasteiger partial charge is 0.225 e. The molecule has 8 heteroatoms. The summed E-state index contributed by atoms with van der Waals surface area (Å²) >= 11 is 0. The molecule has 3 aromatic rings. The largest absolute Gasteiger partial charge is 0.489 e. The molecule has 2 aliphatic heterocycles. The lowest BCUT2D eigenvalue weighted by atomic mass is 10.0. The molecular weight excluding hydrogens is 442 g/mol. The number of ketones is 1. The van der Waals surface area contributed by atoms with Gasteiger partial charge in [-0.2, -0.15) is 0 Å². The van der Waals surface area contributed by atoms with Gasteiger partial charge in [0, 0.05) is 54.5 Å². The maximum atomic E-state index is 13.4. The summed E-state index contributed by atoms with van der Waals surface area (Å²) < 4.78 is 39.0. The van der Waals surface area contributed by atoms with Gasteiger partial charge in [-0.15, -0.1) is 0 Å². The fraction of sp³-hybridized carbons (Fsp3) is 0.269. The predicted octanol–water partition coefficient (Wildman–Crippen LogP) is 4.71. The maximum Gasteiger partial charge on any atom is 0.225 e. The second kappa shape index (κ2) is 7.90. The summed E-state index contributed by atoms with van der Waals surface area (Å²) in [5.41, 5.74) is 2.19. The van der Waals surface area contributed by atoms with E-state index in [1.165, 1.54) is 12.1 Å². The number of amides is 1. The van der Waals surface area contributed by atoms with E-state index in [9.17, 15) is 18.4 Å². The van der Waals surface area contributed by atoms with E-state index in [-0.39, 0.29) is 42.5 Å². The topological polar surface area (TPSA) is 77.5 Å². The van der Waals surface area contributed by atoms with Crippen molar-refractivity contribution in [1.82, 2.24) is 4.98 Å². The molecule has 0 spiro atoms.